The first-order chi connectivity index (χ1) is 11.2. The van der Waals surface area contributed by atoms with Crippen LogP contribution in [0.15, 0.2) is 29.2 Å². The van der Waals surface area contributed by atoms with Crippen LogP contribution in [0.4, 0.5) is 0 Å². The molecule has 1 N–H and O–H groups in total. The molecule has 1 rings (SSSR count). The first-order valence-corrected chi connectivity index (χ1v) is 10.0. The van der Waals surface area contributed by atoms with Crippen molar-refractivity contribution in [1.82, 2.24) is 9.62 Å². The summed E-state index contributed by atoms with van der Waals surface area (Å²) in [4.78, 5) is 12.3. The molecule has 0 aliphatic heterocycles. The Morgan fingerprint density at radius 3 is 2.08 bits per heavy atom. The Labute approximate surface area is 146 Å². The standard InChI is InChI=1S/C18H30N2O3S/c1-6-18(4,5)19-17(21)14-11-15-9-12-16(13-10-15)24(22,23)20(7-2)8-3/h9-10,12-13H,6-8,11,14H2,1-5H3,(H,19,21). The van der Waals surface area contributed by atoms with Gasteiger partial charge in [0, 0.05) is 25.0 Å². The van der Waals surface area contributed by atoms with Gasteiger partial charge in [-0.3, -0.25) is 4.79 Å². The Balaban J connectivity index is 2.71. The lowest BCUT2D eigenvalue weighted by Gasteiger charge is -2.24. The van der Waals surface area contributed by atoms with Crippen LogP contribution in [-0.2, 0) is 21.2 Å². The molecule has 0 bridgehead atoms. The molecular weight excluding hydrogens is 324 g/mol. The van der Waals surface area contributed by atoms with Gasteiger partial charge in [0.2, 0.25) is 15.9 Å². The van der Waals surface area contributed by atoms with Crippen molar-refractivity contribution in [3.8, 4) is 0 Å². The van der Waals surface area contributed by atoms with E-state index in [1.807, 2.05) is 34.6 Å². The zero-order valence-electron chi connectivity index (χ0n) is 15.4. The average molecular weight is 355 g/mol. The molecule has 0 spiro atoms. The second-order valence-electron chi connectivity index (χ2n) is 6.52. The highest BCUT2D eigenvalue weighted by Gasteiger charge is 2.21. The summed E-state index contributed by atoms with van der Waals surface area (Å²) in [5, 5.41) is 3.00. The van der Waals surface area contributed by atoms with Gasteiger partial charge in [-0.25, -0.2) is 8.42 Å². The van der Waals surface area contributed by atoms with Crippen molar-refractivity contribution in [2.24, 2.45) is 0 Å². The Morgan fingerprint density at radius 1 is 1.08 bits per heavy atom. The number of nitrogens with zero attached hydrogens (tertiary/aromatic N) is 1. The Morgan fingerprint density at radius 2 is 1.62 bits per heavy atom. The lowest BCUT2D eigenvalue weighted by molar-refractivity contribution is -0.122. The molecule has 0 heterocycles. The zero-order valence-corrected chi connectivity index (χ0v) is 16.2. The van der Waals surface area contributed by atoms with Gasteiger partial charge in [-0.05, 0) is 44.4 Å². The predicted molar refractivity (Wildman–Crippen MR) is 97.4 cm³/mol. The monoisotopic (exact) mass is 354 g/mol. The third-order valence-corrected chi connectivity index (χ3v) is 6.33. The van der Waals surface area contributed by atoms with E-state index in [1.54, 1.807) is 24.3 Å². The molecule has 6 heteroatoms. The number of carbonyl (C=O) groups is 1. The fourth-order valence-electron chi connectivity index (χ4n) is 2.33. The van der Waals surface area contributed by atoms with Crippen LogP contribution in [0.3, 0.4) is 0 Å². The SMILES string of the molecule is CCN(CC)S(=O)(=O)c1ccc(CCC(=O)NC(C)(C)CC)cc1. The van der Waals surface area contributed by atoms with Crippen molar-refractivity contribution < 1.29 is 13.2 Å². The summed E-state index contributed by atoms with van der Waals surface area (Å²) in [5.74, 6) is 0.0155. The van der Waals surface area contributed by atoms with Crippen LogP contribution < -0.4 is 5.32 Å². The van der Waals surface area contributed by atoms with Crippen molar-refractivity contribution >= 4 is 15.9 Å². The minimum absolute atomic E-state index is 0.0155. The van der Waals surface area contributed by atoms with Gasteiger partial charge in [0.05, 0.1) is 4.90 Å². The smallest absolute Gasteiger partial charge is 0.243 e. The van der Waals surface area contributed by atoms with E-state index in [0.29, 0.717) is 30.8 Å². The number of aryl methyl sites for hydroxylation is 1. The fourth-order valence-corrected chi connectivity index (χ4v) is 3.78. The van der Waals surface area contributed by atoms with Gasteiger partial charge >= 0.3 is 0 Å². The van der Waals surface area contributed by atoms with E-state index >= 15 is 0 Å². The Bertz CT molecular complexity index is 633. The fraction of sp³-hybridized carbons (Fsp3) is 0.611. The lowest BCUT2D eigenvalue weighted by atomic mass is 10.0. The van der Waals surface area contributed by atoms with Crippen LogP contribution in [-0.4, -0.2) is 37.3 Å². The van der Waals surface area contributed by atoms with Crippen molar-refractivity contribution in [3.05, 3.63) is 29.8 Å². The number of rotatable bonds is 9. The van der Waals surface area contributed by atoms with Crippen LogP contribution in [0.2, 0.25) is 0 Å². The molecule has 1 amide bonds. The number of carbonyl (C=O) groups excluding carboxylic acids is 1. The van der Waals surface area contributed by atoms with Crippen molar-refractivity contribution in [2.75, 3.05) is 13.1 Å². The van der Waals surface area contributed by atoms with Gasteiger partial charge in [0.15, 0.2) is 0 Å². The Kier molecular flexibility index (Phi) is 7.42. The van der Waals surface area contributed by atoms with E-state index < -0.39 is 10.0 Å². The van der Waals surface area contributed by atoms with Gasteiger partial charge in [0.1, 0.15) is 0 Å². The number of hydrogen-bond acceptors (Lipinski definition) is 3. The summed E-state index contributed by atoms with van der Waals surface area (Å²) in [6.07, 6.45) is 1.86. The van der Waals surface area contributed by atoms with E-state index in [9.17, 15) is 13.2 Å². The van der Waals surface area contributed by atoms with E-state index in [1.165, 1.54) is 4.31 Å². The number of hydrogen-bond donors (Lipinski definition) is 1. The Hall–Kier alpha value is -1.40. The molecule has 0 fully saturated rings. The molecule has 5 nitrogen and oxygen atoms in total. The second-order valence-corrected chi connectivity index (χ2v) is 8.46. The third-order valence-electron chi connectivity index (χ3n) is 4.27. The van der Waals surface area contributed by atoms with Crippen LogP contribution in [0.1, 0.15) is 53.0 Å². The summed E-state index contributed by atoms with van der Waals surface area (Å²) in [5.41, 5.74) is 0.761. The average Bonchev–Trinajstić information content (AvgIpc) is 2.54. The number of benzene rings is 1. The minimum Gasteiger partial charge on any atom is -0.351 e. The maximum Gasteiger partial charge on any atom is 0.243 e. The topological polar surface area (TPSA) is 66.5 Å². The summed E-state index contributed by atoms with van der Waals surface area (Å²) in [7, 11) is -3.42. The molecule has 136 valence electrons. The van der Waals surface area contributed by atoms with Gasteiger partial charge in [0.25, 0.3) is 0 Å². The summed E-state index contributed by atoms with van der Waals surface area (Å²) in [6.45, 7) is 10.6. The van der Waals surface area contributed by atoms with E-state index in [-0.39, 0.29) is 11.4 Å². The molecule has 1 aromatic rings. The molecule has 0 aliphatic carbocycles. The highest BCUT2D eigenvalue weighted by Crippen LogP contribution is 2.17. The zero-order chi connectivity index (χ0) is 18.4. The van der Waals surface area contributed by atoms with Crippen LogP contribution >= 0.6 is 0 Å². The molecule has 0 aromatic heterocycles. The van der Waals surface area contributed by atoms with Crippen LogP contribution in [0.25, 0.3) is 0 Å². The minimum atomic E-state index is -3.42. The van der Waals surface area contributed by atoms with Gasteiger partial charge in [-0.15, -0.1) is 0 Å². The first kappa shape index (κ1) is 20.6. The molecule has 0 saturated carbocycles. The molecule has 24 heavy (non-hydrogen) atoms. The third kappa shape index (κ3) is 5.60. The molecule has 1 aromatic carbocycles. The number of sulfonamides is 1. The first-order valence-electron chi connectivity index (χ1n) is 8.56. The lowest BCUT2D eigenvalue weighted by Crippen LogP contribution is -2.42. The highest BCUT2D eigenvalue weighted by molar-refractivity contribution is 7.89. The maximum atomic E-state index is 12.4. The molecule has 0 radical (unpaired) electrons. The summed E-state index contributed by atoms with van der Waals surface area (Å²) < 4.78 is 26.3. The predicted octanol–water partition coefficient (Wildman–Crippen LogP) is 2.95. The quantitative estimate of drug-likeness (QED) is 0.741. The highest BCUT2D eigenvalue weighted by atomic mass is 32.2. The van der Waals surface area contributed by atoms with Gasteiger partial charge in [-0.2, -0.15) is 4.31 Å². The van der Waals surface area contributed by atoms with Crippen LogP contribution in [0.5, 0.6) is 0 Å². The van der Waals surface area contributed by atoms with Crippen molar-refractivity contribution in [3.63, 3.8) is 0 Å². The number of amides is 1. The summed E-state index contributed by atoms with van der Waals surface area (Å²) >= 11 is 0. The van der Waals surface area contributed by atoms with Gasteiger partial charge < -0.3 is 5.32 Å². The van der Waals surface area contributed by atoms with E-state index in [4.69, 9.17) is 0 Å². The van der Waals surface area contributed by atoms with E-state index in [2.05, 4.69) is 5.32 Å². The molecule has 0 saturated heterocycles. The van der Waals surface area contributed by atoms with Gasteiger partial charge in [-0.1, -0.05) is 32.9 Å². The molecule has 0 aliphatic rings. The molecular formula is C18H30N2O3S. The maximum absolute atomic E-state index is 12.4. The van der Waals surface area contributed by atoms with Crippen molar-refractivity contribution in [2.45, 2.75) is 64.3 Å². The van der Waals surface area contributed by atoms with E-state index in [0.717, 1.165) is 12.0 Å². The summed E-state index contributed by atoms with van der Waals surface area (Å²) in [6, 6.07) is 6.82. The van der Waals surface area contributed by atoms with Crippen LogP contribution in [0, 0.1) is 0 Å². The number of nitrogens with one attached hydrogen (secondary N) is 1. The largest absolute Gasteiger partial charge is 0.351 e. The molecule has 0 unspecified atom stereocenters. The second kappa shape index (κ2) is 8.62. The normalized spacial score (nSPS) is 12.4. The molecule has 0 atom stereocenters. The van der Waals surface area contributed by atoms with Crippen molar-refractivity contribution in [1.29, 1.82) is 0 Å².